The van der Waals surface area contributed by atoms with Gasteiger partial charge < -0.3 is 14.6 Å². The van der Waals surface area contributed by atoms with E-state index in [1.54, 1.807) is 0 Å². The Kier molecular flexibility index (Phi) is 4.34. The Balaban J connectivity index is 1.78. The molecule has 2 aromatic rings. The van der Waals surface area contributed by atoms with Crippen molar-refractivity contribution in [1.29, 1.82) is 0 Å². The predicted molar refractivity (Wildman–Crippen MR) is 85.6 cm³/mol. The van der Waals surface area contributed by atoms with Crippen LogP contribution in [-0.2, 0) is 11.2 Å². The van der Waals surface area contributed by atoms with Crippen molar-refractivity contribution in [2.75, 3.05) is 33.9 Å². The minimum Gasteiger partial charge on any atom is -0.380 e. The van der Waals surface area contributed by atoms with Crippen molar-refractivity contribution in [2.24, 2.45) is 0 Å². The topological polar surface area (TPSA) is 28.3 Å². The minimum absolute atomic E-state index is 0.622. The Morgan fingerprint density at radius 3 is 3.05 bits per heavy atom. The average Bonchev–Trinajstić information content (AvgIpc) is 3.05. The van der Waals surface area contributed by atoms with Crippen LogP contribution in [0, 0.1) is 0 Å². The number of H-pyrrole nitrogens is 1. The first-order valence-electron chi connectivity index (χ1n) is 7.21. The summed E-state index contributed by atoms with van der Waals surface area (Å²) in [6.07, 6.45) is 4.41. The van der Waals surface area contributed by atoms with Crippen LogP contribution in [0.1, 0.15) is 12.0 Å². The monoisotopic (exact) mass is 290 g/mol. The number of rotatable bonds is 5. The molecule has 1 saturated heterocycles. The molecule has 3 nitrogen and oxygen atoms in total. The molecule has 3 rings (SSSR count). The molecule has 2 heterocycles. The third kappa shape index (κ3) is 3.19. The molecular weight excluding hydrogens is 268 g/mol. The first kappa shape index (κ1) is 14.0. The van der Waals surface area contributed by atoms with E-state index in [2.05, 4.69) is 48.4 Å². The van der Waals surface area contributed by atoms with Crippen LogP contribution in [0.4, 0.5) is 0 Å². The van der Waals surface area contributed by atoms with Crippen molar-refractivity contribution >= 4 is 22.7 Å². The van der Waals surface area contributed by atoms with Crippen molar-refractivity contribution in [1.82, 2.24) is 9.88 Å². The zero-order valence-corrected chi connectivity index (χ0v) is 13.0. The number of nitrogens with zero attached hydrogens (tertiary/aromatic N) is 1. The van der Waals surface area contributed by atoms with Crippen molar-refractivity contribution in [3.8, 4) is 0 Å². The lowest BCUT2D eigenvalue weighted by Gasteiger charge is -2.09. The molecule has 0 saturated carbocycles. The molecule has 0 bridgehead atoms. The lowest BCUT2D eigenvalue weighted by atomic mass is 10.1. The fourth-order valence-electron chi connectivity index (χ4n) is 2.58. The maximum absolute atomic E-state index is 5.46. The van der Waals surface area contributed by atoms with Crippen LogP contribution in [-0.4, -0.2) is 49.0 Å². The van der Waals surface area contributed by atoms with Crippen LogP contribution in [0.25, 0.3) is 10.9 Å². The zero-order valence-electron chi connectivity index (χ0n) is 12.2. The van der Waals surface area contributed by atoms with Crippen LogP contribution in [0.15, 0.2) is 29.3 Å². The van der Waals surface area contributed by atoms with Gasteiger partial charge in [0.1, 0.15) is 0 Å². The lowest BCUT2D eigenvalue weighted by molar-refractivity contribution is 0.199. The second-order valence-electron chi connectivity index (χ2n) is 5.68. The van der Waals surface area contributed by atoms with Crippen molar-refractivity contribution in [2.45, 2.75) is 23.0 Å². The molecule has 1 atom stereocenters. The standard InChI is InChI=1S/C16H22N2OS/c1-18(2)7-5-12-10-17-16-4-3-13(9-15(12)16)20-14-6-8-19-11-14/h3-4,9-10,14,17H,5-8,11H2,1-2H3/t14-/m0/s1. The van der Waals surface area contributed by atoms with Crippen molar-refractivity contribution < 1.29 is 4.74 Å². The molecular formula is C16H22N2OS. The summed E-state index contributed by atoms with van der Waals surface area (Å²) in [4.78, 5) is 6.97. The van der Waals surface area contributed by atoms with Gasteiger partial charge in [-0.2, -0.15) is 0 Å². The molecule has 1 aromatic carbocycles. The number of ether oxygens (including phenoxy) is 1. The number of thioether (sulfide) groups is 1. The van der Waals surface area contributed by atoms with Gasteiger partial charge in [-0.1, -0.05) is 0 Å². The minimum atomic E-state index is 0.622. The van der Waals surface area contributed by atoms with E-state index in [4.69, 9.17) is 4.74 Å². The van der Waals surface area contributed by atoms with E-state index in [0.29, 0.717) is 5.25 Å². The van der Waals surface area contributed by atoms with Crippen LogP contribution >= 0.6 is 11.8 Å². The number of aromatic amines is 1. The highest BCUT2D eigenvalue weighted by molar-refractivity contribution is 8.00. The Morgan fingerprint density at radius 1 is 1.40 bits per heavy atom. The molecule has 1 fully saturated rings. The normalized spacial score (nSPS) is 19.2. The van der Waals surface area contributed by atoms with Crippen LogP contribution < -0.4 is 0 Å². The fraction of sp³-hybridized carbons (Fsp3) is 0.500. The molecule has 1 aromatic heterocycles. The summed E-state index contributed by atoms with van der Waals surface area (Å²) in [5, 5.41) is 1.99. The molecule has 0 amide bonds. The highest BCUT2D eigenvalue weighted by Crippen LogP contribution is 2.31. The van der Waals surface area contributed by atoms with Gasteiger partial charge in [-0.15, -0.1) is 11.8 Å². The second-order valence-corrected chi connectivity index (χ2v) is 7.05. The van der Waals surface area contributed by atoms with E-state index in [1.807, 2.05) is 11.8 Å². The molecule has 1 N–H and O–H groups in total. The molecule has 0 radical (unpaired) electrons. The van der Waals surface area contributed by atoms with Crippen molar-refractivity contribution in [3.63, 3.8) is 0 Å². The number of hydrogen-bond donors (Lipinski definition) is 1. The van der Waals surface area contributed by atoms with Gasteiger partial charge in [0.05, 0.1) is 6.61 Å². The third-order valence-corrected chi connectivity index (χ3v) is 4.99. The van der Waals surface area contributed by atoms with E-state index >= 15 is 0 Å². The number of fused-ring (bicyclic) bond motifs is 1. The van der Waals surface area contributed by atoms with E-state index in [9.17, 15) is 0 Å². The Bertz CT molecular complexity index is 573. The summed E-state index contributed by atoms with van der Waals surface area (Å²) in [5.41, 5.74) is 2.66. The number of nitrogens with one attached hydrogen (secondary N) is 1. The summed E-state index contributed by atoms with van der Waals surface area (Å²) < 4.78 is 5.46. The molecule has 4 heteroatoms. The van der Waals surface area contributed by atoms with Crippen LogP contribution in [0.2, 0.25) is 0 Å². The summed E-state index contributed by atoms with van der Waals surface area (Å²) in [7, 11) is 4.24. The van der Waals surface area contributed by atoms with Gasteiger partial charge in [0.2, 0.25) is 0 Å². The van der Waals surface area contributed by atoms with Gasteiger partial charge in [-0.3, -0.25) is 0 Å². The summed E-state index contributed by atoms with van der Waals surface area (Å²) >= 11 is 1.95. The van der Waals surface area contributed by atoms with Gasteiger partial charge in [0.25, 0.3) is 0 Å². The quantitative estimate of drug-likeness (QED) is 0.917. The predicted octanol–water partition coefficient (Wildman–Crippen LogP) is 3.15. The van der Waals surface area contributed by atoms with Gasteiger partial charge in [0, 0.05) is 40.4 Å². The highest BCUT2D eigenvalue weighted by atomic mass is 32.2. The Morgan fingerprint density at radius 2 is 2.30 bits per heavy atom. The molecule has 0 aliphatic carbocycles. The van der Waals surface area contributed by atoms with E-state index in [0.717, 1.165) is 26.2 Å². The number of likely N-dealkylation sites (N-methyl/N-ethyl adjacent to an activating group) is 1. The fourth-order valence-corrected chi connectivity index (χ4v) is 3.68. The molecule has 0 unspecified atom stereocenters. The largest absolute Gasteiger partial charge is 0.380 e. The van der Waals surface area contributed by atoms with Gasteiger partial charge in [-0.05, 0) is 50.7 Å². The first-order chi connectivity index (χ1) is 9.72. The maximum atomic E-state index is 5.46. The summed E-state index contributed by atoms with van der Waals surface area (Å²) in [6.45, 7) is 2.89. The Hall–Kier alpha value is -0.970. The summed E-state index contributed by atoms with van der Waals surface area (Å²) in [5.74, 6) is 0. The van der Waals surface area contributed by atoms with Gasteiger partial charge in [0.15, 0.2) is 0 Å². The Labute approximate surface area is 124 Å². The van der Waals surface area contributed by atoms with Gasteiger partial charge >= 0.3 is 0 Å². The summed E-state index contributed by atoms with van der Waals surface area (Å²) in [6, 6.07) is 6.75. The lowest BCUT2D eigenvalue weighted by Crippen LogP contribution is -2.14. The molecule has 108 valence electrons. The average molecular weight is 290 g/mol. The highest BCUT2D eigenvalue weighted by Gasteiger charge is 2.17. The zero-order chi connectivity index (χ0) is 13.9. The van der Waals surface area contributed by atoms with Crippen LogP contribution in [0.5, 0.6) is 0 Å². The first-order valence-corrected chi connectivity index (χ1v) is 8.09. The van der Waals surface area contributed by atoms with E-state index in [-0.39, 0.29) is 0 Å². The van der Waals surface area contributed by atoms with Gasteiger partial charge in [-0.25, -0.2) is 0 Å². The molecule has 1 aliphatic heterocycles. The molecule has 1 aliphatic rings. The molecule has 20 heavy (non-hydrogen) atoms. The SMILES string of the molecule is CN(C)CCc1c[nH]c2ccc(S[C@H]3CCOC3)cc12. The van der Waals surface area contributed by atoms with Crippen LogP contribution in [0.3, 0.4) is 0 Å². The number of aromatic nitrogens is 1. The van der Waals surface area contributed by atoms with Crippen molar-refractivity contribution in [3.05, 3.63) is 30.0 Å². The molecule has 0 spiro atoms. The van der Waals surface area contributed by atoms with E-state index < -0.39 is 0 Å². The van der Waals surface area contributed by atoms with E-state index in [1.165, 1.54) is 27.8 Å². The third-order valence-electron chi connectivity index (χ3n) is 3.76. The number of hydrogen-bond acceptors (Lipinski definition) is 3. The number of benzene rings is 1. The smallest absolute Gasteiger partial charge is 0.0589 e. The second kappa shape index (κ2) is 6.20. The maximum Gasteiger partial charge on any atom is 0.0589 e.